The molecule has 0 spiro atoms. The molecule has 1 aromatic rings. The number of amidine groups is 1. The SMILES string of the molecule is CN=C(N)C=C(N)Nc1ncccc1SC. The molecule has 0 amide bonds. The number of anilines is 1. The second-order valence-electron chi connectivity index (χ2n) is 2.93. The fourth-order valence-electron chi connectivity index (χ4n) is 1.05. The van der Waals surface area contributed by atoms with Crippen molar-refractivity contribution in [3.05, 3.63) is 30.2 Å². The average Bonchev–Trinajstić information content (AvgIpc) is 2.29. The molecule has 0 aromatic carbocycles. The first kappa shape index (κ1) is 12.4. The first-order valence-electron chi connectivity index (χ1n) is 4.63. The van der Waals surface area contributed by atoms with Crippen LogP contribution in [0.2, 0.25) is 0 Å². The summed E-state index contributed by atoms with van der Waals surface area (Å²) in [5, 5.41) is 2.97. The molecule has 1 heterocycles. The third-order valence-electron chi connectivity index (χ3n) is 1.81. The van der Waals surface area contributed by atoms with Crippen LogP contribution in [0.3, 0.4) is 0 Å². The number of nitrogens with one attached hydrogen (secondary N) is 1. The molecule has 0 saturated carbocycles. The van der Waals surface area contributed by atoms with Crippen molar-refractivity contribution in [1.82, 2.24) is 4.98 Å². The van der Waals surface area contributed by atoms with Gasteiger partial charge in [-0.25, -0.2) is 4.98 Å². The first-order chi connectivity index (χ1) is 7.67. The van der Waals surface area contributed by atoms with E-state index in [0.29, 0.717) is 17.5 Å². The number of thioether (sulfide) groups is 1. The summed E-state index contributed by atoms with van der Waals surface area (Å²) in [4.78, 5) is 8.99. The number of pyridine rings is 1. The molecule has 16 heavy (non-hydrogen) atoms. The van der Waals surface area contributed by atoms with Crippen LogP contribution in [-0.4, -0.2) is 24.1 Å². The molecule has 5 N–H and O–H groups in total. The maximum absolute atomic E-state index is 5.75. The van der Waals surface area contributed by atoms with Gasteiger partial charge >= 0.3 is 0 Å². The lowest BCUT2D eigenvalue weighted by molar-refractivity contribution is 1.18. The predicted molar refractivity (Wildman–Crippen MR) is 69.5 cm³/mol. The first-order valence-corrected chi connectivity index (χ1v) is 5.85. The molecular formula is C10H15N5S. The summed E-state index contributed by atoms with van der Waals surface area (Å²) in [6.45, 7) is 0. The molecule has 0 unspecified atom stereocenters. The van der Waals surface area contributed by atoms with Crippen molar-refractivity contribution in [3.8, 4) is 0 Å². The lowest BCUT2D eigenvalue weighted by atomic mass is 10.4. The lowest BCUT2D eigenvalue weighted by Crippen LogP contribution is -2.16. The van der Waals surface area contributed by atoms with Gasteiger partial charge < -0.3 is 16.8 Å². The van der Waals surface area contributed by atoms with Gasteiger partial charge in [-0.3, -0.25) is 4.99 Å². The van der Waals surface area contributed by atoms with E-state index in [1.54, 1.807) is 31.1 Å². The Labute approximate surface area is 99.0 Å². The molecule has 1 aromatic heterocycles. The Morgan fingerprint density at radius 3 is 2.94 bits per heavy atom. The fraction of sp³-hybridized carbons (Fsp3) is 0.200. The van der Waals surface area contributed by atoms with E-state index in [0.717, 1.165) is 4.90 Å². The van der Waals surface area contributed by atoms with Gasteiger partial charge in [-0.1, -0.05) is 0 Å². The molecule has 0 aliphatic rings. The highest BCUT2D eigenvalue weighted by Crippen LogP contribution is 2.22. The van der Waals surface area contributed by atoms with Gasteiger partial charge in [-0.15, -0.1) is 11.8 Å². The van der Waals surface area contributed by atoms with Crippen LogP contribution >= 0.6 is 11.8 Å². The van der Waals surface area contributed by atoms with Crippen LogP contribution in [-0.2, 0) is 0 Å². The Kier molecular flexibility index (Phi) is 4.65. The van der Waals surface area contributed by atoms with Crippen LogP contribution < -0.4 is 16.8 Å². The molecule has 0 radical (unpaired) electrons. The van der Waals surface area contributed by atoms with E-state index in [2.05, 4.69) is 15.3 Å². The number of hydrogen-bond acceptors (Lipinski definition) is 5. The predicted octanol–water partition coefficient (Wildman–Crippen LogP) is 1.00. The van der Waals surface area contributed by atoms with Gasteiger partial charge in [0.25, 0.3) is 0 Å². The third-order valence-corrected chi connectivity index (χ3v) is 2.58. The molecule has 5 nitrogen and oxygen atoms in total. The number of aliphatic imine (C=N–C) groups is 1. The number of aromatic nitrogens is 1. The minimum atomic E-state index is 0.367. The van der Waals surface area contributed by atoms with Gasteiger partial charge in [-0.05, 0) is 18.4 Å². The van der Waals surface area contributed by atoms with Crippen molar-refractivity contribution in [2.75, 3.05) is 18.6 Å². The summed E-state index contributed by atoms with van der Waals surface area (Å²) in [6, 6.07) is 3.84. The zero-order valence-corrected chi connectivity index (χ0v) is 10.1. The molecule has 0 aliphatic heterocycles. The Hall–Kier alpha value is -1.69. The van der Waals surface area contributed by atoms with Gasteiger partial charge in [0.05, 0.1) is 0 Å². The molecule has 6 heteroatoms. The zero-order chi connectivity index (χ0) is 12.0. The van der Waals surface area contributed by atoms with Crippen LogP contribution in [0.1, 0.15) is 0 Å². The minimum absolute atomic E-state index is 0.367. The quantitative estimate of drug-likeness (QED) is 0.413. The molecule has 0 atom stereocenters. The summed E-state index contributed by atoms with van der Waals surface area (Å²) >= 11 is 1.59. The van der Waals surface area contributed by atoms with Gasteiger partial charge in [0.15, 0.2) is 0 Å². The largest absolute Gasteiger partial charge is 0.385 e. The number of hydrogen-bond donors (Lipinski definition) is 3. The maximum Gasteiger partial charge on any atom is 0.145 e. The second kappa shape index (κ2) is 6.02. The van der Waals surface area contributed by atoms with Gasteiger partial charge in [0.2, 0.25) is 0 Å². The van der Waals surface area contributed by atoms with Crippen LogP contribution in [0.5, 0.6) is 0 Å². The molecule has 0 bridgehead atoms. The number of rotatable bonds is 4. The van der Waals surface area contributed by atoms with E-state index in [1.807, 2.05) is 18.4 Å². The standard InChI is InChI=1S/C10H15N5S/c1-13-8(11)6-9(12)15-10-7(16-2)4-3-5-14-10/h3-6H,12H2,1-2H3,(H2,11,13)(H,14,15). The second-order valence-corrected chi connectivity index (χ2v) is 3.78. The molecule has 86 valence electrons. The highest BCUT2D eigenvalue weighted by molar-refractivity contribution is 7.98. The van der Waals surface area contributed by atoms with E-state index in [9.17, 15) is 0 Å². The van der Waals surface area contributed by atoms with E-state index in [4.69, 9.17) is 11.5 Å². The summed E-state index contributed by atoms with van der Waals surface area (Å²) < 4.78 is 0. The Bertz CT molecular complexity index is 413. The van der Waals surface area contributed by atoms with Crippen LogP contribution in [0.15, 0.2) is 40.1 Å². The summed E-state index contributed by atoms with van der Waals surface area (Å²) in [5.41, 5.74) is 11.3. The molecule has 0 fully saturated rings. The van der Waals surface area contributed by atoms with Crippen LogP contribution in [0.25, 0.3) is 0 Å². The van der Waals surface area contributed by atoms with E-state index < -0.39 is 0 Å². The summed E-state index contributed by atoms with van der Waals surface area (Å²) in [7, 11) is 1.60. The van der Waals surface area contributed by atoms with Crippen LogP contribution in [0.4, 0.5) is 5.82 Å². The van der Waals surface area contributed by atoms with Gasteiger partial charge in [0, 0.05) is 24.2 Å². The minimum Gasteiger partial charge on any atom is -0.385 e. The van der Waals surface area contributed by atoms with Gasteiger partial charge in [0.1, 0.15) is 17.5 Å². The summed E-state index contributed by atoms with van der Waals surface area (Å²) in [5.74, 6) is 1.50. The monoisotopic (exact) mass is 237 g/mol. The van der Waals surface area contributed by atoms with Crippen LogP contribution in [0, 0.1) is 0 Å². The Balaban J connectivity index is 2.84. The smallest absolute Gasteiger partial charge is 0.145 e. The zero-order valence-electron chi connectivity index (χ0n) is 9.27. The van der Waals surface area contributed by atoms with E-state index >= 15 is 0 Å². The van der Waals surface area contributed by atoms with E-state index in [1.165, 1.54) is 0 Å². The maximum atomic E-state index is 5.75. The van der Waals surface area contributed by atoms with Crippen molar-refractivity contribution in [2.24, 2.45) is 16.5 Å². The highest BCUT2D eigenvalue weighted by atomic mass is 32.2. The van der Waals surface area contributed by atoms with Crippen molar-refractivity contribution in [3.63, 3.8) is 0 Å². The lowest BCUT2D eigenvalue weighted by Gasteiger charge is -2.08. The molecular weight excluding hydrogens is 222 g/mol. The van der Waals surface area contributed by atoms with Crippen molar-refractivity contribution < 1.29 is 0 Å². The fourth-order valence-corrected chi connectivity index (χ4v) is 1.56. The van der Waals surface area contributed by atoms with Crippen molar-refractivity contribution >= 4 is 23.4 Å². The normalized spacial score (nSPS) is 12.6. The van der Waals surface area contributed by atoms with Crippen molar-refractivity contribution in [2.45, 2.75) is 4.90 Å². The topological polar surface area (TPSA) is 89.3 Å². The van der Waals surface area contributed by atoms with Gasteiger partial charge in [-0.2, -0.15) is 0 Å². The highest BCUT2D eigenvalue weighted by Gasteiger charge is 2.02. The Morgan fingerprint density at radius 2 is 2.31 bits per heavy atom. The average molecular weight is 237 g/mol. The van der Waals surface area contributed by atoms with Crippen molar-refractivity contribution in [1.29, 1.82) is 0 Å². The molecule has 0 aliphatic carbocycles. The molecule has 1 rings (SSSR count). The number of nitrogens with two attached hydrogens (primary N) is 2. The number of nitrogens with zero attached hydrogens (tertiary/aromatic N) is 2. The van der Waals surface area contributed by atoms with E-state index in [-0.39, 0.29) is 0 Å². The molecule has 0 saturated heterocycles. The Morgan fingerprint density at radius 1 is 1.56 bits per heavy atom. The summed E-state index contributed by atoms with van der Waals surface area (Å²) in [6.07, 6.45) is 5.23. The third kappa shape index (κ3) is 3.47.